The number of rotatable bonds is 4. The van der Waals surface area contributed by atoms with Gasteiger partial charge in [-0.3, -0.25) is 14.1 Å². The van der Waals surface area contributed by atoms with E-state index in [0.717, 1.165) is 42.0 Å². The fourth-order valence-electron chi connectivity index (χ4n) is 5.15. The molecule has 2 unspecified atom stereocenters. The minimum atomic E-state index is -4.67. The van der Waals surface area contributed by atoms with Crippen LogP contribution in [0.3, 0.4) is 0 Å². The van der Waals surface area contributed by atoms with Gasteiger partial charge in [-0.1, -0.05) is 59.6 Å². The monoisotopic (exact) mass is 645 g/mol. The summed E-state index contributed by atoms with van der Waals surface area (Å²) < 4.78 is 36.7. The van der Waals surface area contributed by atoms with Gasteiger partial charge >= 0.3 is 16.5 Å². The predicted octanol–water partition coefficient (Wildman–Crippen LogP) is 5.56. The van der Waals surface area contributed by atoms with Crippen LogP contribution in [0.5, 0.6) is 0 Å². The predicted molar refractivity (Wildman–Crippen MR) is 171 cm³/mol. The van der Waals surface area contributed by atoms with Gasteiger partial charge in [-0.05, 0) is 87.0 Å². The number of likely N-dealkylation sites (N-methyl/N-ethyl adjacent to an activating group) is 1. The van der Waals surface area contributed by atoms with Crippen LogP contribution in [-0.4, -0.2) is 71.4 Å². The lowest BCUT2D eigenvalue weighted by molar-refractivity contribution is 0.104. The van der Waals surface area contributed by atoms with E-state index >= 15 is 0 Å². The largest absolute Gasteiger partial charge is 0.450 e. The molecule has 0 spiro atoms. The van der Waals surface area contributed by atoms with E-state index in [-0.39, 0.29) is 12.1 Å². The zero-order chi connectivity index (χ0) is 32.3. The fraction of sp³-hybridized carbons (Fsp3) is 0.375. The van der Waals surface area contributed by atoms with Crippen molar-refractivity contribution in [1.29, 1.82) is 0 Å². The van der Waals surface area contributed by atoms with Gasteiger partial charge in [0.2, 0.25) is 0 Å². The number of hydrogen-bond donors (Lipinski definition) is 4. The molecule has 238 valence electrons. The molecule has 12 heteroatoms. The van der Waals surface area contributed by atoms with Crippen LogP contribution < -0.4 is 5.32 Å². The first-order valence-electron chi connectivity index (χ1n) is 14.4. The van der Waals surface area contributed by atoms with E-state index in [1.54, 1.807) is 4.90 Å². The molecular weight excluding hydrogens is 606 g/mol. The number of pyridine rings is 1. The molecule has 1 aliphatic heterocycles. The second kappa shape index (κ2) is 16.7. The lowest BCUT2D eigenvalue weighted by Crippen LogP contribution is -2.37. The summed E-state index contributed by atoms with van der Waals surface area (Å²) in [4.78, 5) is 18.6. The number of piperidine rings is 1. The SMILES string of the molecule is CCOC(=O)N1CCC(=C2c3ccc(Cl)cc3CCc3cccnc32)CC1.CNC(C)C(O)c1ccccc1.O=S(=O)(O)O. The molecule has 2 heterocycles. The Labute approximate surface area is 264 Å². The van der Waals surface area contributed by atoms with E-state index in [9.17, 15) is 9.90 Å². The number of carbonyl (C=O) groups excluding carboxylic acids is 1. The normalized spacial score (nSPS) is 15.7. The number of carbonyl (C=O) groups is 1. The summed E-state index contributed by atoms with van der Waals surface area (Å²) in [6.45, 7) is 5.57. The van der Waals surface area contributed by atoms with Crippen molar-refractivity contribution >= 4 is 33.7 Å². The highest BCUT2D eigenvalue weighted by molar-refractivity contribution is 7.79. The Morgan fingerprint density at radius 2 is 1.66 bits per heavy atom. The molecule has 10 nitrogen and oxygen atoms in total. The van der Waals surface area contributed by atoms with Crippen LogP contribution in [0.15, 0.2) is 72.4 Å². The highest BCUT2D eigenvalue weighted by atomic mass is 35.5. The van der Waals surface area contributed by atoms with Crippen molar-refractivity contribution in [3.8, 4) is 0 Å². The van der Waals surface area contributed by atoms with Crippen molar-refractivity contribution in [1.82, 2.24) is 15.2 Å². The summed E-state index contributed by atoms with van der Waals surface area (Å²) in [5.74, 6) is 0. The smallest absolute Gasteiger partial charge is 0.409 e. The van der Waals surface area contributed by atoms with Gasteiger partial charge in [0, 0.05) is 35.9 Å². The quantitative estimate of drug-likeness (QED) is 0.267. The summed E-state index contributed by atoms with van der Waals surface area (Å²) >= 11 is 6.27. The minimum absolute atomic E-state index is 0.0902. The van der Waals surface area contributed by atoms with Crippen LogP contribution in [0, 0.1) is 0 Å². The van der Waals surface area contributed by atoms with E-state index in [4.69, 9.17) is 38.8 Å². The van der Waals surface area contributed by atoms with Crippen LogP contribution in [0.2, 0.25) is 5.02 Å². The number of hydrogen-bond acceptors (Lipinski definition) is 7. The number of likely N-dealkylation sites (tertiary alicyclic amines) is 1. The van der Waals surface area contributed by atoms with Gasteiger partial charge in [0.05, 0.1) is 18.4 Å². The highest BCUT2D eigenvalue weighted by Crippen LogP contribution is 2.38. The first-order valence-corrected chi connectivity index (χ1v) is 16.2. The summed E-state index contributed by atoms with van der Waals surface area (Å²) in [7, 11) is -2.82. The van der Waals surface area contributed by atoms with Crippen molar-refractivity contribution in [2.45, 2.75) is 51.7 Å². The molecule has 2 atom stereocenters. The number of benzene rings is 2. The average molecular weight is 646 g/mol. The summed E-state index contributed by atoms with van der Waals surface area (Å²) in [6.07, 6.45) is 4.83. The Morgan fingerprint density at radius 3 is 2.27 bits per heavy atom. The Bertz CT molecular complexity index is 1520. The lowest BCUT2D eigenvalue weighted by atomic mass is 9.88. The number of aliphatic hydroxyl groups excluding tert-OH is 1. The van der Waals surface area contributed by atoms with E-state index < -0.39 is 16.5 Å². The molecule has 1 saturated heterocycles. The van der Waals surface area contributed by atoms with Gasteiger partial charge < -0.3 is 20.1 Å². The molecule has 2 aromatic carbocycles. The number of fused-ring (bicyclic) bond motifs is 2. The molecule has 1 fully saturated rings. The number of aliphatic hydroxyl groups is 1. The maximum Gasteiger partial charge on any atom is 0.409 e. The third-order valence-electron chi connectivity index (χ3n) is 7.44. The number of aromatic nitrogens is 1. The van der Waals surface area contributed by atoms with Crippen molar-refractivity contribution in [2.24, 2.45) is 0 Å². The third kappa shape index (κ3) is 10.4. The Morgan fingerprint density at radius 1 is 1.02 bits per heavy atom. The van der Waals surface area contributed by atoms with Crippen molar-refractivity contribution < 1.29 is 32.2 Å². The van der Waals surface area contributed by atoms with Crippen LogP contribution in [0.25, 0.3) is 5.57 Å². The zero-order valence-corrected chi connectivity index (χ0v) is 26.7. The molecule has 4 N–H and O–H groups in total. The van der Waals surface area contributed by atoms with Crippen LogP contribution in [-0.2, 0) is 28.0 Å². The number of nitrogens with zero attached hydrogens (tertiary/aromatic N) is 2. The third-order valence-corrected chi connectivity index (χ3v) is 7.68. The maximum absolute atomic E-state index is 12.0. The summed E-state index contributed by atoms with van der Waals surface area (Å²) in [5, 5.41) is 13.5. The second-order valence-electron chi connectivity index (χ2n) is 10.4. The lowest BCUT2D eigenvalue weighted by Gasteiger charge is -2.29. The molecule has 1 amide bonds. The highest BCUT2D eigenvalue weighted by Gasteiger charge is 2.27. The number of amides is 1. The van der Waals surface area contributed by atoms with Crippen molar-refractivity contribution in [2.75, 3.05) is 26.7 Å². The zero-order valence-electron chi connectivity index (χ0n) is 25.1. The van der Waals surface area contributed by atoms with Crippen LogP contribution in [0.4, 0.5) is 4.79 Å². The van der Waals surface area contributed by atoms with Gasteiger partial charge in [0.15, 0.2) is 0 Å². The second-order valence-corrected chi connectivity index (χ2v) is 11.7. The molecule has 3 aromatic rings. The first-order chi connectivity index (χ1) is 20.9. The number of halogens is 1. The Kier molecular flexibility index (Phi) is 13.3. The number of aryl methyl sites for hydroxylation is 2. The van der Waals surface area contributed by atoms with E-state index in [1.807, 2.05) is 69.6 Å². The molecule has 2 aliphatic rings. The maximum atomic E-state index is 12.0. The Balaban J connectivity index is 0.000000258. The summed E-state index contributed by atoms with van der Waals surface area (Å²) in [6, 6.07) is 20.1. The minimum Gasteiger partial charge on any atom is -0.450 e. The molecule has 5 rings (SSSR count). The van der Waals surface area contributed by atoms with Gasteiger partial charge in [-0.15, -0.1) is 0 Å². The van der Waals surface area contributed by atoms with Gasteiger partial charge in [0.1, 0.15) is 0 Å². The van der Waals surface area contributed by atoms with Crippen molar-refractivity contribution in [3.05, 3.63) is 105 Å². The molecule has 0 saturated carbocycles. The molecule has 0 radical (unpaired) electrons. The molecule has 44 heavy (non-hydrogen) atoms. The number of nitrogens with one attached hydrogen (secondary N) is 1. The van der Waals surface area contributed by atoms with E-state index in [0.29, 0.717) is 19.7 Å². The number of ether oxygens (including phenoxy) is 1. The van der Waals surface area contributed by atoms with E-state index in [2.05, 4.69) is 23.5 Å². The standard InChI is InChI=1S/C22H23ClN2O2.C10H15NO.H2O4S/c1-2-27-22(26)25-12-9-15(10-13-25)20-19-8-7-18(23)14-17(19)6-5-16-4-3-11-24-21(16)20;1-8(11-2)10(12)9-6-4-3-5-7-9;1-5(2,3)4/h3-4,7-8,11,14H,2,5-6,9-10,12-13H2,1H3;3-8,10-12H,1-2H3;(H2,1,2,3,4). The van der Waals surface area contributed by atoms with Gasteiger partial charge in [0.25, 0.3) is 0 Å². The first kappa shape index (κ1) is 35.2. The summed E-state index contributed by atoms with van der Waals surface area (Å²) in [5.41, 5.74) is 8.42. The van der Waals surface area contributed by atoms with Crippen molar-refractivity contribution in [3.63, 3.8) is 0 Å². The Hall–Kier alpha value is -3.32. The van der Waals surface area contributed by atoms with Gasteiger partial charge in [-0.2, -0.15) is 8.42 Å². The van der Waals surface area contributed by atoms with Gasteiger partial charge in [-0.25, -0.2) is 4.79 Å². The topological polar surface area (TPSA) is 149 Å². The molecule has 0 bridgehead atoms. The molecule has 1 aliphatic carbocycles. The average Bonchev–Trinajstić information content (AvgIpc) is 3.17. The van der Waals surface area contributed by atoms with Crippen LogP contribution >= 0.6 is 11.6 Å². The fourth-order valence-corrected chi connectivity index (χ4v) is 5.35. The molecule has 1 aromatic heterocycles. The van der Waals surface area contributed by atoms with E-state index in [1.165, 1.54) is 27.8 Å². The molecular formula is C32H40ClN3O7S. The van der Waals surface area contributed by atoms with Crippen LogP contribution in [0.1, 0.15) is 60.7 Å².